The third kappa shape index (κ3) is 2.39. The fraction of sp³-hybridized carbons (Fsp3) is 0.500. The van der Waals surface area contributed by atoms with E-state index in [1.165, 1.54) is 24.0 Å². The number of hydrogen-bond acceptors (Lipinski definition) is 1. The molecule has 1 aliphatic rings. The lowest BCUT2D eigenvalue weighted by molar-refractivity contribution is 0.112. The van der Waals surface area contributed by atoms with Gasteiger partial charge >= 0.3 is 0 Å². The average molecular weight is 256 g/mol. The molecule has 102 valence electrons. The molecule has 0 aliphatic heterocycles. The van der Waals surface area contributed by atoms with Crippen LogP contribution in [0.25, 0.3) is 0 Å². The minimum Gasteiger partial charge on any atom is -0.298 e. The van der Waals surface area contributed by atoms with Gasteiger partial charge in [0.05, 0.1) is 0 Å². The predicted molar refractivity (Wildman–Crippen MR) is 81.0 cm³/mol. The highest BCUT2D eigenvalue weighted by Gasteiger charge is 2.37. The molecule has 0 unspecified atom stereocenters. The largest absolute Gasteiger partial charge is 0.298 e. The van der Waals surface area contributed by atoms with E-state index >= 15 is 0 Å². The van der Waals surface area contributed by atoms with Gasteiger partial charge in [-0.2, -0.15) is 0 Å². The number of aldehydes is 1. The van der Waals surface area contributed by atoms with Crippen molar-refractivity contribution < 1.29 is 4.79 Å². The molecule has 19 heavy (non-hydrogen) atoms. The summed E-state index contributed by atoms with van der Waals surface area (Å²) in [4.78, 5) is 11.3. The Labute approximate surface area is 116 Å². The van der Waals surface area contributed by atoms with Crippen molar-refractivity contribution in [3.05, 3.63) is 47.0 Å². The first-order chi connectivity index (χ1) is 8.81. The van der Waals surface area contributed by atoms with Crippen molar-refractivity contribution in [1.29, 1.82) is 0 Å². The zero-order valence-electron chi connectivity index (χ0n) is 12.5. The fourth-order valence-corrected chi connectivity index (χ4v) is 3.12. The van der Waals surface area contributed by atoms with Crippen LogP contribution in [0.3, 0.4) is 0 Å². The van der Waals surface area contributed by atoms with E-state index in [1.807, 2.05) is 6.08 Å². The summed E-state index contributed by atoms with van der Waals surface area (Å²) in [5.41, 5.74) is 5.04. The van der Waals surface area contributed by atoms with Gasteiger partial charge in [-0.15, -0.1) is 6.58 Å². The molecule has 1 nitrogen and oxygen atoms in total. The topological polar surface area (TPSA) is 17.1 Å². The average Bonchev–Trinajstić information content (AvgIpc) is 2.35. The van der Waals surface area contributed by atoms with Crippen LogP contribution in [0, 0.1) is 0 Å². The van der Waals surface area contributed by atoms with E-state index in [0.29, 0.717) is 0 Å². The summed E-state index contributed by atoms with van der Waals surface area (Å²) < 4.78 is 0. The van der Waals surface area contributed by atoms with Crippen molar-refractivity contribution >= 4 is 6.29 Å². The Morgan fingerprint density at radius 1 is 1.11 bits per heavy atom. The van der Waals surface area contributed by atoms with Gasteiger partial charge in [-0.25, -0.2) is 0 Å². The Balaban J connectivity index is 2.70. The normalized spacial score (nSPS) is 19.6. The van der Waals surface area contributed by atoms with Crippen LogP contribution in [0.5, 0.6) is 0 Å². The van der Waals surface area contributed by atoms with Gasteiger partial charge < -0.3 is 0 Å². The highest BCUT2D eigenvalue weighted by Crippen LogP contribution is 2.46. The van der Waals surface area contributed by atoms with E-state index < -0.39 is 0 Å². The zero-order valence-corrected chi connectivity index (χ0v) is 12.5. The summed E-state index contributed by atoms with van der Waals surface area (Å²) >= 11 is 0. The van der Waals surface area contributed by atoms with Crippen LogP contribution in [0.2, 0.25) is 0 Å². The van der Waals surface area contributed by atoms with Crippen molar-refractivity contribution in [3.63, 3.8) is 0 Å². The number of benzene rings is 1. The number of carbonyl (C=O) groups excluding carboxylic acids is 1. The molecular formula is C18H24O. The molecule has 0 bridgehead atoms. The van der Waals surface area contributed by atoms with Crippen molar-refractivity contribution in [1.82, 2.24) is 0 Å². The summed E-state index contributed by atoms with van der Waals surface area (Å²) in [6, 6.07) is 4.35. The third-order valence-electron chi connectivity index (χ3n) is 4.60. The predicted octanol–water partition coefficient (Wildman–Crippen LogP) is 4.58. The molecule has 0 N–H and O–H groups in total. The molecule has 0 heterocycles. The standard InChI is InChI=1S/C18H24O/c1-6-7-13-10-15-16(11-14(13)12-19)18(4,5)9-8-17(15,2)3/h6,10-12H,1,7-9H2,2-5H3. The number of fused-ring (bicyclic) bond motifs is 1. The van der Waals surface area contributed by atoms with Gasteiger partial charge in [0, 0.05) is 5.56 Å². The monoisotopic (exact) mass is 256 g/mol. The third-order valence-corrected chi connectivity index (χ3v) is 4.60. The van der Waals surface area contributed by atoms with E-state index in [2.05, 4.69) is 46.4 Å². The molecule has 0 spiro atoms. The van der Waals surface area contributed by atoms with E-state index in [-0.39, 0.29) is 10.8 Å². The molecule has 1 heteroatoms. The summed E-state index contributed by atoms with van der Waals surface area (Å²) in [7, 11) is 0. The van der Waals surface area contributed by atoms with Gasteiger partial charge in [-0.05, 0) is 52.8 Å². The van der Waals surface area contributed by atoms with Gasteiger partial charge in [0.25, 0.3) is 0 Å². The Hall–Kier alpha value is -1.37. The fourth-order valence-electron chi connectivity index (χ4n) is 3.12. The van der Waals surface area contributed by atoms with Crippen LogP contribution in [0.15, 0.2) is 24.8 Å². The lowest BCUT2D eigenvalue weighted by Crippen LogP contribution is -2.34. The first-order valence-electron chi connectivity index (χ1n) is 7.06. The van der Waals surface area contributed by atoms with Gasteiger partial charge in [0.15, 0.2) is 0 Å². The van der Waals surface area contributed by atoms with Gasteiger partial charge in [-0.1, -0.05) is 39.8 Å². The molecular weight excluding hydrogens is 232 g/mol. The molecule has 0 atom stereocenters. The number of hydrogen-bond donors (Lipinski definition) is 0. The molecule has 0 aromatic heterocycles. The van der Waals surface area contributed by atoms with Crippen LogP contribution < -0.4 is 0 Å². The Morgan fingerprint density at radius 2 is 1.63 bits per heavy atom. The smallest absolute Gasteiger partial charge is 0.150 e. The van der Waals surface area contributed by atoms with Crippen molar-refractivity contribution in [3.8, 4) is 0 Å². The summed E-state index contributed by atoms with van der Waals surface area (Å²) in [6.45, 7) is 13.0. The minimum atomic E-state index is 0.162. The van der Waals surface area contributed by atoms with E-state index in [9.17, 15) is 4.79 Å². The van der Waals surface area contributed by atoms with Crippen LogP contribution in [-0.4, -0.2) is 6.29 Å². The highest BCUT2D eigenvalue weighted by molar-refractivity contribution is 5.78. The maximum absolute atomic E-state index is 11.3. The molecule has 0 saturated heterocycles. The molecule has 1 aliphatic carbocycles. The number of carbonyl (C=O) groups is 1. The van der Waals surface area contributed by atoms with Crippen molar-refractivity contribution in [2.45, 2.75) is 57.8 Å². The first kappa shape index (κ1) is 14.0. The van der Waals surface area contributed by atoms with E-state index in [1.54, 1.807) is 0 Å². The zero-order chi connectivity index (χ0) is 14.3. The maximum atomic E-state index is 11.3. The second-order valence-electron chi connectivity index (χ2n) is 6.98. The summed E-state index contributed by atoms with van der Waals surface area (Å²) in [5, 5.41) is 0. The molecule has 1 aromatic rings. The van der Waals surface area contributed by atoms with Crippen LogP contribution in [0.1, 0.15) is 67.6 Å². The number of rotatable bonds is 3. The van der Waals surface area contributed by atoms with Crippen molar-refractivity contribution in [2.75, 3.05) is 0 Å². The number of allylic oxidation sites excluding steroid dienone is 1. The second-order valence-corrected chi connectivity index (χ2v) is 6.98. The first-order valence-corrected chi connectivity index (χ1v) is 7.06. The maximum Gasteiger partial charge on any atom is 0.150 e. The quantitative estimate of drug-likeness (QED) is 0.571. The van der Waals surface area contributed by atoms with E-state index in [4.69, 9.17) is 0 Å². The Morgan fingerprint density at radius 3 is 2.11 bits per heavy atom. The van der Waals surface area contributed by atoms with Crippen LogP contribution >= 0.6 is 0 Å². The molecule has 0 saturated carbocycles. The molecule has 0 fully saturated rings. The highest BCUT2D eigenvalue weighted by atomic mass is 16.1. The van der Waals surface area contributed by atoms with Gasteiger partial charge in [-0.3, -0.25) is 4.79 Å². The lowest BCUT2D eigenvalue weighted by atomic mass is 9.62. The molecule has 2 rings (SSSR count). The molecule has 1 aromatic carbocycles. The summed E-state index contributed by atoms with van der Waals surface area (Å²) in [5.74, 6) is 0. The van der Waals surface area contributed by atoms with Crippen LogP contribution in [-0.2, 0) is 17.3 Å². The van der Waals surface area contributed by atoms with E-state index in [0.717, 1.165) is 23.8 Å². The minimum absolute atomic E-state index is 0.162. The van der Waals surface area contributed by atoms with Gasteiger partial charge in [0.1, 0.15) is 6.29 Å². The summed E-state index contributed by atoms with van der Waals surface area (Å²) in [6.07, 6.45) is 5.98. The van der Waals surface area contributed by atoms with Crippen molar-refractivity contribution in [2.24, 2.45) is 0 Å². The molecule has 0 amide bonds. The van der Waals surface area contributed by atoms with Crippen LogP contribution in [0.4, 0.5) is 0 Å². The Bertz CT molecular complexity index is 521. The molecule has 0 radical (unpaired) electrons. The van der Waals surface area contributed by atoms with Gasteiger partial charge in [0.2, 0.25) is 0 Å². The second kappa shape index (κ2) is 4.63. The Kier molecular flexibility index (Phi) is 3.42. The SMILES string of the molecule is C=CCc1cc2c(cc1C=O)C(C)(C)CCC2(C)C. The lowest BCUT2D eigenvalue weighted by Gasteiger charge is -2.42.